The van der Waals surface area contributed by atoms with E-state index in [1.54, 1.807) is 37.3 Å². The molecule has 24 heavy (non-hydrogen) atoms. The smallest absolute Gasteiger partial charge is 0.366 e. The summed E-state index contributed by atoms with van der Waals surface area (Å²) in [5, 5.41) is 0.321. The van der Waals surface area contributed by atoms with E-state index in [4.69, 9.17) is 5.73 Å². The molecule has 4 nitrogen and oxygen atoms in total. The average Bonchev–Trinajstić information content (AvgIpc) is 2.53. The maximum Gasteiger partial charge on any atom is 0.451 e. The number of fused-ring (bicyclic) bond motifs is 1. The van der Waals surface area contributed by atoms with Gasteiger partial charge in [-0.05, 0) is 24.1 Å². The molecule has 1 heterocycles. The van der Waals surface area contributed by atoms with E-state index < -0.39 is 17.9 Å². The minimum atomic E-state index is -4.65. The number of amides is 1. The van der Waals surface area contributed by atoms with Crippen LogP contribution in [0, 0.1) is 6.92 Å². The van der Waals surface area contributed by atoms with Gasteiger partial charge in [0.15, 0.2) is 0 Å². The van der Waals surface area contributed by atoms with E-state index in [1.165, 1.54) is 6.07 Å². The predicted molar refractivity (Wildman–Crippen MR) is 83.2 cm³/mol. The molecule has 0 aliphatic carbocycles. The van der Waals surface area contributed by atoms with Gasteiger partial charge in [0.2, 0.25) is 11.7 Å². The van der Waals surface area contributed by atoms with Gasteiger partial charge in [-0.3, -0.25) is 4.79 Å². The molecule has 0 bridgehead atoms. The molecule has 2 N–H and O–H groups in total. The van der Waals surface area contributed by atoms with Crippen LogP contribution in [-0.2, 0) is 6.18 Å². The van der Waals surface area contributed by atoms with Crippen LogP contribution < -0.4 is 5.73 Å². The van der Waals surface area contributed by atoms with E-state index in [2.05, 4.69) is 9.97 Å². The Morgan fingerprint density at radius 3 is 2.42 bits per heavy atom. The first-order valence-corrected chi connectivity index (χ1v) is 7.02. The number of alkyl halides is 3. The molecule has 1 amide bonds. The van der Waals surface area contributed by atoms with Gasteiger partial charge in [-0.15, -0.1) is 0 Å². The summed E-state index contributed by atoms with van der Waals surface area (Å²) < 4.78 is 38.9. The average molecular weight is 331 g/mol. The van der Waals surface area contributed by atoms with E-state index in [1.807, 2.05) is 0 Å². The Morgan fingerprint density at radius 2 is 1.83 bits per heavy atom. The summed E-state index contributed by atoms with van der Waals surface area (Å²) in [4.78, 5) is 18.7. The molecule has 3 aromatic rings. The van der Waals surface area contributed by atoms with Gasteiger partial charge in [-0.2, -0.15) is 13.2 Å². The molecule has 122 valence electrons. The standard InChI is InChI=1S/C17H12F3N3O/c1-9-12(15(21)24)7-11-8-22-16(17(18,19)20)23-14(11)13(9)10-5-3-2-4-6-10/h2-8H,1H3,(H2,21,24). The predicted octanol–water partition coefficient (Wildman–Crippen LogP) is 3.72. The number of carbonyl (C=O) groups excluding carboxylic acids is 1. The lowest BCUT2D eigenvalue weighted by atomic mass is 9.93. The molecule has 0 radical (unpaired) electrons. The maximum atomic E-state index is 13.0. The number of halogens is 3. The summed E-state index contributed by atoms with van der Waals surface area (Å²) in [5.74, 6) is -1.88. The number of benzene rings is 2. The Labute approximate surface area is 135 Å². The van der Waals surface area contributed by atoms with Crippen molar-refractivity contribution in [3.8, 4) is 11.1 Å². The zero-order valence-electron chi connectivity index (χ0n) is 12.6. The molecular formula is C17H12F3N3O. The van der Waals surface area contributed by atoms with Crippen LogP contribution in [0.15, 0.2) is 42.6 Å². The van der Waals surface area contributed by atoms with Crippen LogP contribution >= 0.6 is 0 Å². The number of rotatable bonds is 2. The summed E-state index contributed by atoms with van der Waals surface area (Å²) in [6.07, 6.45) is -3.60. The van der Waals surface area contributed by atoms with Gasteiger partial charge in [0.25, 0.3) is 0 Å². The van der Waals surface area contributed by atoms with Crippen molar-refractivity contribution in [2.45, 2.75) is 13.1 Å². The van der Waals surface area contributed by atoms with E-state index >= 15 is 0 Å². The quantitative estimate of drug-likeness (QED) is 0.778. The Morgan fingerprint density at radius 1 is 1.17 bits per heavy atom. The van der Waals surface area contributed by atoms with Crippen LogP contribution in [0.3, 0.4) is 0 Å². The normalized spacial score (nSPS) is 11.7. The third-order valence-corrected chi connectivity index (χ3v) is 3.71. The van der Waals surface area contributed by atoms with Crippen molar-refractivity contribution < 1.29 is 18.0 Å². The fourth-order valence-electron chi connectivity index (χ4n) is 2.62. The van der Waals surface area contributed by atoms with Gasteiger partial charge >= 0.3 is 6.18 Å². The molecule has 1 aromatic heterocycles. The Balaban J connectivity index is 2.43. The molecule has 0 unspecified atom stereocenters. The topological polar surface area (TPSA) is 68.9 Å². The number of hydrogen-bond acceptors (Lipinski definition) is 3. The number of primary amides is 1. The summed E-state index contributed by atoms with van der Waals surface area (Å²) in [7, 11) is 0. The highest BCUT2D eigenvalue weighted by atomic mass is 19.4. The van der Waals surface area contributed by atoms with Crippen molar-refractivity contribution in [3.05, 3.63) is 59.5 Å². The Bertz CT molecular complexity index is 937. The van der Waals surface area contributed by atoms with Crippen molar-refractivity contribution in [1.82, 2.24) is 9.97 Å². The van der Waals surface area contributed by atoms with Gasteiger partial charge in [0, 0.05) is 22.7 Å². The van der Waals surface area contributed by atoms with Crippen LogP contribution in [-0.4, -0.2) is 15.9 Å². The van der Waals surface area contributed by atoms with Crippen molar-refractivity contribution in [1.29, 1.82) is 0 Å². The first-order valence-electron chi connectivity index (χ1n) is 7.02. The molecule has 2 aromatic carbocycles. The third-order valence-electron chi connectivity index (χ3n) is 3.71. The molecule has 0 aliphatic heterocycles. The second-order valence-corrected chi connectivity index (χ2v) is 5.28. The molecule has 0 aliphatic rings. The van der Waals surface area contributed by atoms with Crippen LogP contribution in [0.5, 0.6) is 0 Å². The van der Waals surface area contributed by atoms with E-state index in [9.17, 15) is 18.0 Å². The lowest BCUT2D eigenvalue weighted by molar-refractivity contribution is -0.144. The Hall–Kier alpha value is -2.96. The van der Waals surface area contributed by atoms with Crippen molar-refractivity contribution in [2.75, 3.05) is 0 Å². The third kappa shape index (κ3) is 2.68. The van der Waals surface area contributed by atoms with Gasteiger partial charge in [-0.1, -0.05) is 30.3 Å². The highest BCUT2D eigenvalue weighted by Gasteiger charge is 2.35. The largest absolute Gasteiger partial charge is 0.451 e. The molecule has 0 fully saturated rings. The van der Waals surface area contributed by atoms with Gasteiger partial charge < -0.3 is 5.73 Å². The summed E-state index contributed by atoms with van der Waals surface area (Å²) in [6.45, 7) is 1.64. The lowest BCUT2D eigenvalue weighted by Crippen LogP contribution is -2.15. The van der Waals surface area contributed by atoms with Gasteiger partial charge in [0.1, 0.15) is 0 Å². The number of carbonyl (C=O) groups is 1. The lowest BCUT2D eigenvalue weighted by Gasteiger charge is -2.14. The highest BCUT2D eigenvalue weighted by Crippen LogP contribution is 2.35. The Kier molecular flexibility index (Phi) is 3.71. The highest BCUT2D eigenvalue weighted by molar-refractivity contribution is 6.04. The molecule has 3 rings (SSSR count). The molecule has 7 heteroatoms. The fraction of sp³-hybridized carbons (Fsp3) is 0.118. The monoisotopic (exact) mass is 331 g/mol. The summed E-state index contributed by atoms with van der Waals surface area (Å²) in [5.41, 5.74) is 7.32. The van der Waals surface area contributed by atoms with Gasteiger partial charge in [-0.25, -0.2) is 9.97 Å². The number of nitrogens with two attached hydrogens (primary N) is 1. The minimum Gasteiger partial charge on any atom is -0.366 e. The van der Waals surface area contributed by atoms with Crippen molar-refractivity contribution >= 4 is 16.8 Å². The summed E-state index contributed by atoms with van der Waals surface area (Å²) >= 11 is 0. The molecular weight excluding hydrogens is 319 g/mol. The van der Waals surface area contributed by atoms with E-state index in [0.29, 0.717) is 22.1 Å². The minimum absolute atomic E-state index is 0.131. The van der Waals surface area contributed by atoms with Crippen molar-refractivity contribution in [2.24, 2.45) is 5.73 Å². The number of hydrogen-bond donors (Lipinski definition) is 1. The SMILES string of the molecule is Cc1c(C(N)=O)cc2cnc(C(F)(F)F)nc2c1-c1ccccc1. The maximum absolute atomic E-state index is 13.0. The zero-order chi connectivity index (χ0) is 17.5. The fourth-order valence-corrected chi connectivity index (χ4v) is 2.62. The van der Waals surface area contributed by atoms with Crippen LogP contribution in [0.4, 0.5) is 13.2 Å². The molecule has 0 atom stereocenters. The van der Waals surface area contributed by atoms with E-state index in [-0.39, 0.29) is 11.1 Å². The van der Waals surface area contributed by atoms with Crippen LogP contribution in [0.1, 0.15) is 21.7 Å². The van der Waals surface area contributed by atoms with Crippen molar-refractivity contribution in [3.63, 3.8) is 0 Å². The second-order valence-electron chi connectivity index (χ2n) is 5.28. The summed E-state index contributed by atoms with van der Waals surface area (Å²) in [6, 6.07) is 10.2. The first kappa shape index (κ1) is 15.9. The van der Waals surface area contributed by atoms with Crippen LogP contribution in [0.25, 0.3) is 22.0 Å². The van der Waals surface area contributed by atoms with Crippen LogP contribution in [0.2, 0.25) is 0 Å². The number of aromatic nitrogens is 2. The van der Waals surface area contributed by atoms with Gasteiger partial charge in [0.05, 0.1) is 5.52 Å². The molecule has 0 spiro atoms. The number of nitrogens with zero attached hydrogens (tertiary/aromatic N) is 2. The molecule has 0 saturated carbocycles. The first-order chi connectivity index (χ1) is 11.3. The van der Waals surface area contributed by atoms with E-state index in [0.717, 1.165) is 6.20 Å². The zero-order valence-corrected chi connectivity index (χ0v) is 12.6. The second kappa shape index (κ2) is 5.59. The molecule has 0 saturated heterocycles.